The van der Waals surface area contributed by atoms with Crippen LogP contribution in [0.4, 0.5) is 0 Å². The van der Waals surface area contributed by atoms with Crippen LogP contribution < -0.4 is 5.73 Å². The third-order valence-electron chi connectivity index (χ3n) is 3.91. The van der Waals surface area contributed by atoms with Gasteiger partial charge in [0.2, 0.25) is 5.91 Å². The number of allylic oxidation sites excluding steroid dienone is 2. The summed E-state index contributed by atoms with van der Waals surface area (Å²) in [5, 5.41) is 0. The lowest BCUT2D eigenvalue weighted by Crippen LogP contribution is -2.46. The van der Waals surface area contributed by atoms with Crippen molar-refractivity contribution in [3.8, 4) is 0 Å². The number of rotatable bonds is 2. The summed E-state index contributed by atoms with van der Waals surface area (Å²) in [5.41, 5.74) is 5.51. The molecule has 0 spiro atoms. The highest BCUT2D eigenvalue weighted by Gasteiger charge is 2.44. The second-order valence-corrected chi connectivity index (χ2v) is 5.04. The number of primary amides is 1. The van der Waals surface area contributed by atoms with E-state index in [1.165, 1.54) is 6.42 Å². The van der Waals surface area contributed by atoms with Crippen LogP contribution in [0.1, 0.15) is 26.7 Å². The molecule has 0 unspecified atom stereocenters. The van der Waals surface area contributed by atoms with E-state index in [-0.39, 0.29) is 11.8 Å². The summed E-state index contributed by atoms with van der Waals surface area (Å²) in [6, 6.07) is 0. The normalized spacial score (nSPS) is 40.5. The Labute approximate surface area is 85.6 Å². The minimum atomic E-state index is -0.0947. The number of nitrogens with two attached hydrogens (primary N) is 1. The van der Waals surface area contributed by atoms with Crippen LogP contribution in [0.3, 0.4) is 0 Å². The van der Waals surface area contributed by atoms with E-state index in [0.29, 0.717) is 23.7 Å². The van der Waals surface area contributed by atoms with Crippen molar-refractivity contribution < 1.29 is 4.79 Å². The Balaban J connectivity index is 2.29. The molecule has 2 nitrogen and oxygen atoms in total. The second kappa shape index (κ2) is 3.41. The maximum atomic E-state index is 11.4. The van der Waals surface area contributed by atoms with Gasteiger partial charge in [0.15, 0.2) is 0 Å². The summed E-state index contributed by atoms with van der Waals surface area (Å²) in [6.45, 7) is 4.41. The van der Waals surface area contributed by atoms with E-state index in [0.717, 1.165) is 6.42 Å². The summed E-state index contributed by atoms with van der Waals surface area (Å²) in [7, 11) is 0. The fraction of sp³-hybridized carbons (Fsp3) is 0.750. The van der Waals surface area contributed by atoms with Crippen molar-refractivity contribution >= 4 is 5.91 Å². The molecule has 3 aliphatic carbocycles. The van der Waals surface area contributed by atoms with Gasteiger partial charge in [0.1, 0.15) is 0 Å². The molecule has 0 aromatic rings. The number of fused-ring (bicyclic) bond motifs is 2. The van der Waals surface area contributed by atoms with E-state index >= 15 is 0 Å². The van der Waals surface area contributed by atoms with Crippen LogP contribution in [0.2, 0.25) is 0 Å². The maximum Gasteiger partial charge on any atom is 0.221 e. The molecule has 2 bridgehead atoms. The number of carbonyl (C=O) groups is 1. The van der Waals surface area contributed by atoms with Gasteiger partial charge in [-0.25, -0.2) is 0 Å². The molecule has 0 aromatic carbocycles. The van der Waals surface area contributed by atoms with Crippen LogP contribution in [0.5, 0.6) is 0 Å². The Morgan fingerprint density at radius 1 is 1.29 bits per heavy atom. The van der Waals surface area contributed by atoms with E-state index in [4.69, 9.17) is 5.73 Å². The van der Waals surface area contributed by atoms with Gasteiger partial charge in [-0.1, -0.05) is 26.0 Å². The quantitative estimate of drug-likeness (QED) is 0.669. The molecule has 0 radical (unpaired) electrons. The van der Waals surface area contributed by atoms with Gasteiger partial charge in [0.05, 0.1) is 0 Å². The average molecular weight is 193 g/mol. The summed E-state index contributed by atoms with van der Waals surface area (Å²) in [6.07, 6.45) is 6.91. The van der Waals surface area contributed by atoms with Gasteiger partial charge in [-0.05, 0) is 36.5 Å². The predicted molar refractivity (Wildman–Crippen MR) is 56.4 cm³/mol. The molecular weight excluding hydrogens is 174 g/mol. The van der Waals surface area contributed by atoms with Crippen LogP contribution >= 0.6 is 0 Å². The van der Waals surface area contributed by atoms with Crippen molar-refractivity contribution in [2.45, 2.75) is 26.7 Å². The molecule has 1 fully saturated rings. The number of carbonyl (C=O) groups excluding carboxylic acids is 1. The van der Waals surface area contributed by atoms with Gasteiger partial charge >= 0.3 is 0 Å². The van der Waals surface area contributed by atoms with Crippen molar-refractivity contribution in [1.29, 1.82) is 0 Å². The van der Waals surface area contributed by atoms with E-state index in [1.54, 1.807) is 0 Å². The van der Waals surface area contributed by atoms with Gasteiger partial charge in [-0.2, -0.15) is 0 Å². The molecule has 0 aliphatic heterocycles. The fourth-order valence-electron chi connectivity index (χ4n) is 3.34. The third kappa shape index (κ3) is 1.37. The van der Waals surface area contributed by atoms with Gasteiger partial charge in [-0.15, -0.1) is 0 Å². The van der Waals surface area contributed by atoms with Crippen molar-refractivity contribution in [3.05, 3.63) is 12.2 Å². The minimum absolute atomic E-state index is 0.0947. The molecule has 3 aliphatic rings. The zero-order valence-electron chi connectivity index (χ0n) is 8.94. The van der Waals surface area contributed by atoms with E-state index in [2.05, 4.69) is 26.0 Å². The molecular formula is C12H19NO. The lowest BCUT2D eigenvalue weighted by atomic mass is 9.59. The molecule has 2 N–H and O–H groups in total. The Morgan fingerprint density at radius 3 is 2.21 bits per heavy atom. The Bertz CT molecular complexity index is 269. The molecule has 14 heavy (non-hydrogen) atoms. The summed E-state index contributed by atoms with van der Waals surface area (Å²) < 4.78 is 0. The smallest absolute Gasteiger partial charge is 0.221 e. The molecule has 0 heterocycles. The lowest BCUT2D eigenvalue weighted by Gasteiger charge is -2.45. The Morgan fingerprint density at radius 2 is 1.86 bits per heavy atom. The summed E-state index contributed by atoms with van der Waals surface area (Å²) in [4.78, 5) is 11.4. The molecule has 3 rings (SSSR count). The van der Waals surface area contributed by atoms with Crippen molar-refractivity contribution in [3.63, 3.8) is 0 Å². The largest absolute Gasteiger partial charge is 0.369 e. The molecule has 2 heteroatoms. The predicted octanol–water partition coefficient (Wildman–Crippen LogP) is 1.96. The molecule has 0 aromatic heterocycles. The SMILES string of the molecule is CC(C)[C@H]1[C@H](C(N)=O)[C@H]2C=C[C@@H]1CC2. The molecule has 1 amide bonds. The lowest BCUT2D eigenvalue weighted by molar-refractivity contribution is -0.128. The highest BCUT2D eigenvalue weighted by atomic mass is 16.1. The number of amides is 1. The number of hydrogen-bond acceptors (Lipinski definition) is 1. The first-order chi connectivity index (χ1) is 6.61. The maximum absolute atomic E-state index is 11.4. The van der Waals surface area contributed by atoms with Crippen molar-refractivity contribution in [2.75, 3.05) is 0 Å². The Hall–Kier alpha value is -0.790. The van der Waals surface area contributed by atoms with Crippen LogP contribution in [-0.4, -0.2) is 5.91 Å². The van der Waals surface area contributed by atoms with E-state index < -0.39 is 0 Å². The molecule has 0 saturated heterocycles. The van der Waals surface area contributed by atoms with Crippen LogP contribution in [0.15, 0.2) is 12.2 Å². The van der Waals surface area contributed by atoms with Crippen LogP contribution in [-0.2, 0) is 4.79 Å². The fourth-order valence-corrected chi connectivity index (χ4v) is 3.34. The summed E-state index contributed by atoms with van der Waals surface area (Å²) >= 11 is 0. The van der Waals surface area contributed by atoms with Crippen LogP contribution in [0.25, 0.3) is 0 Å². The zero-order valence-corrected chi connectivity index (χ0v) is 8.94. The van der Waals surface area contributed by atoms with E-state index in [9.17, 15) is 4.79 Å². The zero-order chi connectivity index (χ0) is 10.3. The van der Waals surface area contributed by atoms with Crippen molar-refractivity contribution in [2.24, 2.45) is 35.3 Å². The first-order valence-electron chi connectivity index (χ1n) is 5.59. The second-order valence-electron chi connectivity index (χ2n) is 5.04. The van der Waals surface area contributed by atoms with Gasteiger partial charge in [-0.3, -0.25) is 4.79 Å². The highest BCUT2D eigenvalue weighted by molar-refractivity contribution is 5.78. The molecule has 1 saturated carbocycles. The van der Waals surface area contributed by atoms with Crippen molar-refractivity contribution in [1.82, 2.24) is 0 Å². The van der Waals surface area contributed by atoms with Crippen LogP contribution in [0, 0.1) is 29.6 Å². The van der Waals surface area contributed by atoms with Gasteiger partial charge in [0, 0.05) is 5.92 Å². The number of hydrogen-bond donors (Lipinski definition) is 1. The topological polar surface area (TPSA) is 43.1 Å². The first-order valence-corrected chi connectivity index (χ1v) is 5.59. The van der Waals surface area contributed by atoms with Gasteiger partial charge in [0.25, 0.3) is 0 Å². The Kier molecular flexibility index (Phi) is 2.38. The molecule has 4 atom stereocenters. The third-order valence-corrected chi connectivity index (χ3v) is 3.91. The molecule has 78 valence electrons. The average Bonchev–Trinajstić information content (AvgIpc) is 2.17. The summed E-state index contributed by atoms with van der Waals surface area (Å²) in [5.74, 6) is 2.06. The van der Waals surface area contributed by atoms with Gasteiger partial charge < -0.3 is 5.73 Å². The standard InChI is InChI=1S/C12H19NO/c1-7(2)10-8-3-5-9(6-4-8)11(10)12(13)14/h3,5,7-11H,4,6H2,1-2H3,(H2,13,14)/t8-,9+,10-,11-/m1/s1. The highest BCUT2D eigenvalue weighted by Crippen LogP contribution is 2.47. The first kappa shape index (κ1) is 9.75. The minimum Gasteiger partial charge on any atom is -0.369 e. The monoisotopic (exact) mass is 193 g/mol. The van der Waals surface area contributed by atoms with E-state index in [1.807, 2.05) is 0 Å².